The van der Waals surface area contributed by atoms with E-state index in [2.05, 4.69) is 22.6 Å². The zero-order valence-electron chi connectivity index (χ0n) is 18.0. The Morgan fingerprint density at radius 2 is 1.97 bits per heavy atom. The van der Waals surface area contributed by atoms with Gasteiger partial charge in [-0.3, -0.25) is 5.43 Å². The lowest BCUT2D eigenvalue weighted by Gasteiger charge is -2.38. The number of hydrazine groups is 1. The molecule has 168 valence electrons. The minimum atomic E-state index is -4.49. The third-order valence-corrected chi connectivity index (χ3v) is 6.48. The van der Waals surface area contributed by atoms with Crippen molar-refractivity contribution in [2.45, 2.75) is 57.0 Å². The number of methoxy groups -OCH3 is 1. The average Bonchev–Trinajstić information content (AvgIpc) is 2.77. The molecule has 1 N–H and O–H groups in total. The highest BCUT2D eigenvalue weighted by Crippen LogP contribution is 2.47. The number of halogens is 3. The molecule has 2 heterocycles. The van der Waals surface area contributed by atoms with Crippen LogP contribution in [0.3, 0.4) is 0 Å². The van der Waals surface area contributed by atoms with Crippen LogP contribution < -0.4 is 10.2 Å². The van der Waals surface area contributed by atoms with Gasteiger partial charge >= 0.3 is 6.18 Å². The van der Waals surface area contributed by atoms with Gasteiger partial charge in [0.25, 0.3) is 0 Å². The quantitative estimate of drug-likeness (QED) is 0.695. The number of piperidine rings is 1. The number of hydrogen-bond donors (Lipinski definition) is 1. The van der Waals surface area contributed by atoms with E-state index < -0.39 is 11.8 Å². The van der Waals surface area contributed by atoms with Crippen LogP contribution in [-0.4, -0.2) is 31.4 Å². The van der Waals surface area contributed by atoms with Gasteiger partial charge in [0.05, 0.1) is 13.7 Å². The number of nitrogens with zero attached hydrogens (tertiary/aromatic N) is 1. The first-order valence-corrected chi connectivity index (χ1v) is 10.8. The first kappa shape index (κ1) is 22.1. The van der Waals surface area contributed by atoms with Crippen LogP contribution >= 0.6 is 0 Å². The Morgan fingerprint density at radius 3 is 2.68 bits per heavy atom. The molecular weight excluding hydrogens is 405 g/mol. The molecule has 1 fully saturated rings. The fourth-order valence-electron chi connectivity index (χ4n) is 4.65. The summed E-state index contributed by atoms with van der Waals surface area (Å²) >= 11 is 0. The van der Waals surface area contributed by atoms with Crippen molar-refractivity contribution in [3.05, 3.63) is 64.7 Å². The molecule has 2 aliphatic rings. The van der Waals surface area contributed by atoms with Crippen LogP contribution in [0.15, 0.2) is 42.5 Å². The fourth-order valence-corrected chi connectivity index (χ4v) is 4.65. The molecule has 1 saturated heterocycles. The molecule has 7 heteroatoms. The van der Waals surface area contributed by atoms with Gasteiger partial charge < -0.3 is 9.47 Å². The van der Waals surface area contributed by atoms with Crippen molar-refractivity contribution in [2.75, 3.05) is 20.3 Å². The number of alkyl halides is 3. The van der Waals surface area contributed by atoms with Crippen LogP contribution in [0.1, 0.15) is 54.5 Å². The van der Waals surface area contributed by atoms with E-state index in [1.54, 1.807) is 19.2 Å². The molecule has 0 spiro atoms. The molecule has 2 atom stereocenters. The van der Waals surface area contributed by atoms with Crippen LogP contribution in [-0.2, 0) is 23.3 Å². The van der Waals surface area contributed by atoms with Gasteiger partial charge in [-0.25, -0.2) is 5.01 Å². The van der Waals surface area contributed by atoms with Crippen molar-refractivity contribution < 1.29 is 22.6 Å². The van der Waals surface area contributed by atoms with E-state index >= 15 is 0 Å². The smallest absolute Gasteiger partial charge is 0.421 e. The van der Waals surface area contributed by atoms with E-state index in [0.717, 1.165) is 32.7 Å². The highest BCUT2D eigenvalue weighted by Gasteiger charge is 2.55. The van der Waals surface area contributed by atoms with E-state index in [4.69, 9.17) is 9.47 Å². The third-order valence-electron chi connectivity index (χ3n) is 6.48. The van der Waals surface area contributed by atoms with Crippen molar-refractivity contribution in [1.82, 2.24) is 10.4 Å². The van der Waals surface area contributed by atoms with Crippen molar-refractivity contribution in [1.29, 1.82) is 0 Å². The zero-order chi connectivity index (χ0) is 22.1. The summed E-state index contributed by atoms with van der Waals surface area (Å²) in [5, 5.41) is 2.21. The van der Waals surface area contributed by atoms with Crippen LogP contribution in [0.2, 0.25) is 0 Å². The Kier molecular flexibility index (Phi) is 6.28. The van der Waals surface area contributed by atoms with Gasteiger partial charge in [0.1, 0.15) is 5.75 Å². The number of ether oxygens (including phenoxy) is 2. The lowest BCUT2D eigenvalue weighted by Crippen LogP contribution is -2.46. The molecule has 2 aliphatic heterocycles. The lowest BCUT2D eigenvalue weighted by molar-refractivity contribution is -0.281. The van der Waals surface area contributed by atoms with Gasteiger partial charge in [0.15, 0.2) is 5.60 Å². The molecule has 2 aromatic carbocycles. The van der Waals surface area contributed by atoms with Gasteiger partial charge in [-0.2, -0.15) is 13.2 Å². The van der Waals surface area contributed by atoms with Crippen molar-refractivity contribution >= 4 is 0 Å². The first-order valence-electron chi connectivity index (χ1n) is 10.8. The zero-order valence-corrected chi connectivity index (χ0v) is 18.0. The summed E-state index contributed by atoms with van der Waals surface area (Å²) in [5.74, 6) is 0.603. The normalized spacial score (nSPS) is 24.6. The highest BCUT2D eigenvalue weighted by molar-refractivity contribution is 5.46. The summed E-state index contributed by atoms with van der Waals surface area (Å²) in [7, 11) is 1.56. The van der Waals surface area contributed by atoms with Crippen molar-refractivity contribution in [2.24, 2.45) is 0 Å². The monoisotopic (exact) mass is 434 g/mol. The topological polar surface area (TPSA) is 33.7 Å². The average molecular weight is 435 g/mol. The van der Waals surface area contributed by atoms with Crippen molar-refractivity contribution in [3.8, 4) is 5.75 Å². The second-order valence-electron chi connectivity index (χ2n) is 8.40. The largest absolute Gasteiger partial charge is 0.496 e. The second-order valence-corrected chi connectivity index (χ2v) is 8.40. The van der Waals surface area contributed by atoms with E-state index in [0.29, 0.717) is 29.8 Å². The van der Waals surface area contributed by atoms with Gasteiger partial charge in [-0.05, 0) is 55.0 Å². The van der Waals surface area contributed by atoms with E-state index in [1.165, 1.54) is 5.56 Å². The molecule has 4 rings (SSSR count). The fraction of sp³-hybridized carbons (Fsp3) is 0.500. The van der Waals surface area contributed by atoms with Gasteiger partial charge in [0, 0.05) is 24.7 Å². The van der Waals surface area contributed by atoms with Crippen LogP contribution in [0.4, 0.5) is 13.2 Å². The Balaban J connectivity index is 1.60. The highest BCUT2D eigenvalue weighted by atomic mass is 19.4. The van der Waals surface area contributed by atoms with Crippen LogP contribution in [0.25, 0.3) is 0 Å². The molecule has 2 aromatic rings. The summed E-state index contributed by atoms with van der Waals surface area (Å²) < 4.78 is 52.4. The molecule has 2 unspecified atom stereocenters. The molecule has 0 aliphatic carbocycles. The number of rotatable bonds is 5. The number of fused-ring (bicyclic) bond motifs is 1. The van der Waals surface area contributed by atoms with Crippen LogP contribution in [0, 0.1) is 0 Å². The molecule has 0 radical (unpaired) electrons. The lowest BCUT2D eigenvalue weighted by atomic mass is 9.85. The Labute approximate surface area is 181 Å². The molecule has 31 heavy (non-hydrogen) atoms. The maximum Gasteiger partial charge on any atom is 0.421 e. The maximum atomic E-state index is 13.9. The van der Waals surface area contributed by atoms with Gasteiger partial charge in [-0.15, -0.1) is 0 Å². The second kappa shape index (κ2) is 8.81. The van der Waals surface area contributed by atoms with Crippen LogP contribution in [0.5, 0.6) is 5.75 Å². The molecule has 0 bridgehead atoms. The summed E-state index contributed by atoms with van der Waals surface area (Å²) in [6.07, 6.45) is -0.781. The standard InChI is InChI=1S/C24H29F3N2O2/c1-23(24(25,26)27)20-14-19(22(30-2)15-18(20)11-13-31-23)16-28-29-12-7-6-10-21(29)17-8-4-3-5-9-17/h3-5,8-9,14-15,21,28H,6-7,10-13,16H2,1-2H3. The molecular formula is C24H29F3N2O2. The van der Waals surface area contributed by atoms with E-state index in [1.807, 2.05) is 18.2 Å². The third kappa shape index (κ3) is 4.31. The Morgan fingerprint density at radius 1 is 1.19 bits per heavy atom. The Bertz CT molecular complexity index is 904. The first-order chi connectivity index (χ1) is 14.8. The predicted molar refractivity (Wildman–Crippen MR) is 113 cm³/mol. The number of nitrogens with one attached hydrogen (secondary N) is 1. The van der Waals surface area contributed by atoms with Gasteiger partial charge in [0.2, 0.25) is 0 Å². The predicted octanol–water partition coefficient (Wildman–Crippen LogP) is 5.28. The Hall–Kier alpha value is -2.09. The summed E-state index contributed by atoms with van der Waals surface area (Å²) in [6, 6.07) is 13.9. The molecule has 0 amide bonds. The number of benzene rings is 2. The SMILES string of the molecule is COc1cc2c(cc1CNN1CCCCC1c1ccccc1)C(C)(C(F)(F)F)OCC2. The maximum absolute atomic E-state index is 13.9. The minimum absolute atomic E-state index is 0.0380. The molecule has 0 aromatic heterocycles. The summed E-state index contributed by atoms with van der Waals surface area (Å²) in [4.78, 5) is 0. The number of hydrogen-bond acceptors (Lipinski definition) is 4. The molecule has 4 nitrogen and oxygen atoms in total. The van der Waals surface area contributed by atoms with E-state index in [9.17, 15) is 13.2 Å². The van der Waals surface area contributed by atoms with Crippen molar-refractivity contribution in [3.63, 3.8) is 0 Å². The van der Waals surface area contributed by atoms with Gasteiger partial charge in [-0.1, -0.05) is 36.8 Å². The minimum Gasteiger partial charge on any atom is -0.496 e. The van der Waals surface area contributed by atoms with E-state index in [-0.39, 0.29) is 18.2 Å². The summed E-state index contributed by atoms with van der Waals surface area (Å²) in [6.45, 7) is 2.42. The molecule has 0 saturated carbocycles. The summed E-state index contributed by atoms with van der Waals surface area (Å²) in [5.41, 5.74) is 3.91.